The van der Waals surface area contributed by atoms with Gasteiger partial charge in [0.25, 0.3) is 0 Å². The fourth-order valence-corrected chi connectivity index (χ4v) is 3.52. The molecular formula is C15H23NO2S. The lowest BCUT2D eigenvalue weighted by atomic mass is 9.89. The van der Waals surface area contributed by atoms with Crippen LogP contribution in [0.2, 0.25) is 0 Å². The average Bonchev–Trinajstić information content (AvgIpc) is 2.89. The summed E-state index contributed by atoms with van der Waals surface area (Å²) in [6.45, 7) is 2.48. The molecule has 3 nitrogen and oxygen atoms in total. The highest BCUT2D eigenvalue weighted by molar-refractivity contribution is 7.12. The number of hydrogen-bond donors (Lipinski definition) is 2. The molecule has 1 aliphatic carbocycles. The molecule has 106 valence electrons. The van der Waals surface area contributed by atoms with Crippen molar-refractivity contribution in [3.8, 4) is 0 Å². The first-order valence-electron chi connectivity index (χ1n) is 7.21. The summed E-state index contributed by atoms with van der Waals surface area (Å²) in [7, 11) is 0. The van der Waals surface area contributed by atoms with Crippen LogP contribution in [-0.4, -0.2) is 17.6 Å². The van der Waals surface area contributed by atoms with E-state index in [1.54, 1.807) is 18.3 Å². The predicted molar refractivity (Wildman–Crippen MR) is 78.2 cm³/mol. The van der Waals surface area contributed by atoms with E-state index < -0.39 is 6.10 Å². The summed E-state index contributed by atoms with van der Waals surface area (Å²) in [5.74, 6) is 0.470. The number of hydrogen-bond acceptors (Lipinski definition) is 3. The number of carbonyl (C=O) groups is 1. The monoisotopic (exact) mass is 281 g/mol. The largest absolute Gasteiger partial charge is 0.388 e. The van der Waals surface area contributed by atoms with Crippen LogP contribution in [0.15, 0.2) is 12.1 Å². The normalized spacial score (nSPS) is 18.2. The van der Waals surface area contributed by atoms with Gasteiger partial charge < -0.3 is 10.4 Å². The van der Waals surface area contributed by atoms with Crippen LogP contribution < -0.4 is 5.32 Å². The molecule has 1 heterocycles. The van der Waals surface area contributed by atoms with Crippen LogP contribution in [0.3, 0.4) is 0 Å². The Morgan fingerprint density at radius 2 is 2.16 bits per heavy atom. The Morgan fingerprint density at radius 3 is 2.79 bits per heavy atom. The number of aliphatic hydroxyl groups excluding tert-OH is 1. The van der Waals surface area contributed by atoms with Gasteiger partial charge in [-0.25, -0.2) is 0 Å². The topological polar surface area (TPSA) is 49.3 Å². The Bertz CT molecular complexity index is 408. The van der Waals surface area contributed by atoms with Crippen molar-refractivity contribution < 1.29 is 9.90 Å². The molecule has 0 aliphatic heterocycles. The van der Waals surface area contributed by atoms with Crippen molar-refractivity contribution in [3.05, 3.63) is 21.9 Å². The highest BCUT2D eigenvalue weighted by atomic mass is 32.1. The third kappa shape index (κ3) is 4.32. The summed E-state index contributed by atoms with van der Waals surface area (Å²) in [5.41, 5.74) is 0. The Kier molecular flexibility index (Phi) is 5.40. The van der Waals surface area contributed by atoms with E-state index >= 15 is 0 Å². The molecule has 0 radical (unpaired) electrons. The van der Waals surface area contributed by atoms with Gasteiger partial charge in [-0.1, -0.05) is 19.3 Å². The predicted octanol–water partition coefficient (Wildman–Crippen LogP) is 3.04. The van der Waals surface area contributed by atoms with Gasteiger partial charge >= 0.3 is 0 Å². The van der Waals surface area contributed by atoms with E-state index in [2.05, 4.69) is 5.32 Å². The molecule has 19 heavy (non-hydrogen) atoms. The van der Waals surface area contributed by atoms with Gasteiger partial charge in [-0.3, -0.25) is 4.79 Å². The van der Waals surface area contributed by atoms with Crippen molar-refractivity contribution in [1.29, 1.82) is 0 Å². The lowest BCUT2D eigenvalue weighted by Crippen LogP contribution is -2.33. The van der Waals surface area contributed by atoms with Crippen LogP contribution in [-0.2, 0) is 11.2 Å². The lowest BCUT2D eigenvalue weighted by molar-refractivity contribution is -0.125. The van der Waals surface area contributed by atoms with Gasteiger partial charge in [-0.2, -0.15) is 0 Å². The molecule has 1 saturated carbocycles. The van der Waals surface area contributed by atoms with Crippen molar-refractivity contribution >= 4 is 17.2 Å². The van der Waals surface area contributed by atoms with Crippen molar-refractivity contribution in [1.82, 2.24) is 5.32 Å². The minimum Gasteiger partial charge on any atom is -0.388 e. The smallest absolute Gasteiger partial charge is 0.223 e. The molecule has 2 rings (SSSR count). The SMILES string of the molecule is CC(O)c1ccc(CCNC(=O)C2CCCCC2)s1. The van der Waals surface area contributed by atoms with Crippen LogP contribution in [0.5, 0.6) is 0 Å². The molecule has 1 amide bonds. The zero-order chi connectivity index (χ0) is 13.7. The van der Waals surface area contributed by atoms with E-state index in [-0.39, 0.29) is 11.8 Å². The summed E-state index contributed by atoms with van der Waals surface area (Å²) in [4.78, 5) is 14.2. The Balaban J connectivity index is 1.71. The van der Waals surface area contributed by atoms with Crippen molar-refractivity contribution in [3.63, 3.8) is 0 Å². The van der Waals surface area contributed by atoms with E-state index in [9.17, 15) is 9.90 Å². The van der Waals surface area contributed by atoms with Crippen LogP contribution in [0.25, 0.3) is 0 Å². The zero-order valence-corrected chi connectivity index (χ0v) is 12.3. The van der Waals surface area contributed by atoms with Crippen molar-refractivity contribution in [2.75, 3.05) is 6.54 Å². The zero-order valence-electron chi connectivity index (χ0n) is 11.5. The minimum atomic E-state index is -0.393. The average molecular weight is 281 g/mol. The number of aliphatic hydroxyl groups is 1. The third-order valence-electron chi connectivity index (χ3n) is 3.74. The van der Waals surface area contributed by atoms with E-state index in [1.165, 1.54) is 24.1 Å². The minimum absolute atomic E-state index is 0.229. The maximum Gasteiger partial charge on any atom is 0.223 e. The quantitative estimate of drug-likeness (QED) is 0.871. The van der Waals surface area contributed by atoms with Gasteiger partial charge in [-0.05, 0) is 38.3 Å². The number of amides is 1. The first-order valence-corrected chi connectivity index (χ1v) is 8.03. The number of rotatable bonds is 5. The second-order valence-electron chi connectivity index (χ2n) is 5.36. The van der Waals surface area contributed by atoms with Crippen molar-refractivity contribution in [2.24, 2.45) is 5.92 Å². The Hall–Kier alpha value is -0.870. The fraction of sp³-hybridized carbons (Fsp3) is 0.667. The highest BCUT2D eigenvalue weighted by Gasteiger charge is 2.20. The summed E-state index contributed by atoms with van der Waals surface area (Å²) in [6, 6.07) is 4.01. The molecular weight excluding hydrogens is 258 g/mol. The molecule has 4 heteroatoms. The summed E-state index contributed by atoms with van der Waals surface area (Å²) >= 11 is 1.63. The first kappa shape index (κ1) is 14.5. The number of carbonyl (C=O) groups excluding carboxylic acids is 1. The molecule has 1 unspecified atom stereocenters. The maximum atomic E-state index is 12.0. The summed E-state index contributed by atoms with van der Waals surface area (Å²) in [5, 5.41) is 12.5. The molecule has 0 bridgehead atoms. The number of nitrogens with one attached hydrogen (secondary N) is 1. The second kappa shape index (κ2) is 7.06. The standard InChI is InChI=1S/C15H23NO2S/c1-11(17)14-8-7-13(19-14)9-10-16-15(18)12-5-3-2-4-6-12/h7-8,11-12,17H,2-6,9-10H2,1H3,(H,16,18). The second-order valence-corrected chi connectivity index (χ2v) is 6.56. The molecule has 0 saturated heterocycles. The molecule has 1 fully saturated rings. The van der Waals surface area contributed by atoms with Gasteiger partial charge in [0.2, 0.25) is 5.91 Å². The van der Waals surface area contributed by atoms with Crippen molar-refractivity contribution in [2.45, 2.75) is 51.6 Å². The van der Waals surface area contributed by atoms with Gasteiger partial charge in [0.15, 0.2) is 0 Å². The van der Waals surface area contributed by atoms with E-state index in [1.807, 2.05) is 12.1 Å². The molecule has 1 aromatic rings. The third-order valence-corrected chi connectivity index (χ3v) is 5.06. The summed E-state index contributed by atoms with van der Waals surface area (Å²) < 4.78 is 0. The summed E-state index contributed by atoms with van der Waals surface area (Å²) in [6.07, 6.45) is 6.24. The van der Waals surface area contributed by atoms with Gasteiger partial charge in [0.05, 0.1) is 6.10 Å². The molecule has 2 N–H and O–H groups in total. The molecule has 0 aromatic carbocycles. The molecule has 1 aliphatic rings. The van der Waals surface area contributed by atoms with E-state index in [0.717, 1.165) is 24.1 Å². The number of thiophene rings is 1. The molecule has 0 spiro atoms. The van der Waals surface area contributed by atoms with Crippen LogP contribution in [0, 0.1) is 5.92 Å². The highest BCUT2D eigenvalue weighted by Crippen LogP contribution is 2.24. The Morgan fingerprint density at radius 1 is 1.42 bits per heavy atom. The Labute approximate surface area is 119 Å². The van der Waals surface area contributed by atoms with Gasteiger partial charge in [-0.15, -0.1) is 11.3 Å². The maximum absolute atomic E-state index is 12.0. The van der Waals surface area contributed by atoms with Crippen LogP contribution >= 0.6 is 11.3 Å². The van der Waals surface area contributed by atoms with Gasteiger partial charge in [0, 0.05) is 22.2 Å². The molecule has 1 aromatic heterocycles. The first-order chi connectivity index (χ1) is 9.16. The van der Waals surface area contributed by atoms with E-state index in [4.69, 9.17) is 0 Å². The molecule has 1 atom stereocenters. The van der Waals surface area contributed by atoms with Crippen LogP contribution in [0.4, 0.5) is 0 Å². The van der Waals surface area contributed by atoms with Gasteiger partial charge in [0.1, 0.15) is 0 Å². The van der Waals surface area contributed by atoms with E-state index in [0.29, 0.717) is 6.54 Å². The fourth-order valence-electron chi connectivity index (χ4n) is 2.57. The van der Waals surface area contributed by atoms with Crippen LogP contribution in [0.1, 0.15) is 54.9 Å². The lowest BCUT2D eigenvalue weighted by Gasteiger charge is -2.20.